The van der Waals surface area contributed by atoms with Crippen molar-refractivity contribution in [1.29, 1.82) is 0 Å². The van der Waals surface area contributed by atoms with Crippen molar-refractivity contribution >= 4 is 19.8 Å². The molecule has 9 heavy (non-hydrogen) atoms. The van der Waals surface area contributed by atoms with Gasteiger partial charge in [-0.3, -0.25) is 9.59 Å². The zero-order valence-electron chi connectivity index (χ0n) is 4.89. The molecule has 0 unspecified atom stereocenters. The highest BCUT2D eigenvalue weighted by atomic mass is 16.2. The summed E-state index contributed by atoms with van der Waals surface area (Å²) in [5, 5.41) is 1.87. The van der Waals surface area contributed by atoms with Crippen LogP contribution in [0.15, 0.2) is 0 Å². The molecule has 0 aromatic heterocycles. The molecule has 0 fully saturated rings. The van der Waals surface area contributed by atoms with Crippen molar-refractivity contribution in [2.75, 3.05) is 0 Å². The fourth-order valence-corrected chi connectivity index (χ4v) is 0.309. The first-order valence-corrected chi connectivity index (χ1v) is 2.44. The van der Waals surface area contributed by atoms with Gasteiger partial charge in [-0.2, -0.15) is 0 Å². The number of hydrogen-bond donors (Lipinski definition) is 2. The van der Waals surface area contributed by atoms with E-state index in [1.54, 1.807) is 0 Å². The van der Waals surface area contributed by atoms with E-state index in [0.717, 1.165) is 0 Å². The lowest BCUT2D eigenvalue weighted by Gasteiger charge is -1.94. The molecule has 0 aliphatic rings. The van der Waals surface area contributed by atoms with Gasteiger partial charge in [0.25, 0.3) is 0 Å². The van der Waals surface area contributed by atoms with Gasteiger partial charge in [-0.15, -0.1) is 0 Å². The molecular formula is C4H7BN2O2. The first-order chi connectivity index (χ1) is 4.16. The van der Waals surface area contributed by atoms with E-state index in [1.807, 2.05) is 5.23 Å². The molecule has 2 radical (unpaired) electrons. The summed E-state index contributed by atoms with van der Waals surface area (Å²) >= 11 is 0. The summed E-state index contributed by atoms with van der Waals surface area (Å²) in [5.74, 6) is -0.882. The zero-order valence-corrected chi connectivity index (χ0v) is 4.89. The summed E-state index contributed by atoms with van der Waals surface area (Å²) in [4.78, 5) is 20.3. The number of nitrogens with one attached hydrogen (secondary N) is 1. The quantitative estimate of drug-likeness (QED) is 0.449. The van der Waals surface area contributed by atoms with E-state index < -0.39 is 5.91 Å². The van der Waals surface area contributed by atoms with Crippen molar-refractivity contribution in [3.63, 3.8) is 0 Å². The van der Waals surface area contributed by atoms with E-state index in [-0.39, 0.29) is 18.7 Å². The summed E-state index contributed by atoms with van der Waals surface area (Å²) in [5.41, 5.74) is 4.74. The highest BCUT2D eigenvalue weighted by molar-refractivity contribution is 6.14. The predicted octanol–water partition coefficient (Wildman–Crippen LogP) is -1.55. The second-order valence-corrected chi connectivity index (χ2v) is 1.53. The second kappa shape index (κ2) is 3.94. The van der Waals surface area contributed by atoms with Gasteiger partial charge >= 0.3 is 0 Å². The smallest absolute Gasteiger partial charge is 0.226 e. The third-order valence-corrected chi connectivity index (χ3v) is 0.759. The summed E-state index contributed by atoms with van der Waals surface area (Å²) in [6, 6.07) is 0. The maximum atomic E-state index is 10.3. The molecular weight excluding hydrogens is 119 g/mol. The first-order valence-electron chi connectivity index (χ1n) is 2.44. The number of rotatable bonds is 3. The number of hydrogen-bond acceptors (Lipinski definition) is 2. The van der Waals surface area contributed by atoms with Gasteiger partial charge in [0.1, 0.15) is 0 Å². The Morgan fingerprint density at radius 2 is 2.00 bits per heavy atom. The molecule has 5 heteroatoms. The molecule has 0 aliphatic carbocycles. The Morgan fingerprint density at radius 1 is 1.44 bits per heavy atom. The van der Waals surface area contributed by atoms with Crippen LogP contribution in [0, 0.1) is 0 Å². The topological polar surface area (TPSA) is 72.2 Å². The van der Waals surface area contributed by atoms with Crippen LogP contribution in [0.4, 0.5) is 0 Å². The van der Waals surface area contributed by atoms with Gasteiger partial charge in [-0.1, -0.05) is 0 Å². The van der Waals surface area contributed by atoms with E-state index in [9.17, 15) is 9.59 Å². The van der Waals surface area contributed by atoms with Crippen molar-refractivity contribution in [1.82, 2.24) is 5.23 Å². The van der Waals surface area contributed by atoms with Crippen LogP contribution in [-0.2, 0) is 9.59 Å². The molecule has 0 heterocycles. The van der Waals surface area contributed by atoms with Crippen molar-refractivity contribution in [3.8, 4) is 0 Å². The molecule has 0 spiro atoms. The number of amides is 2. The van der Waals surface area contributed by atoms with Crippen molar-refractivity contribution in [2.45, 2.75) is 12.8 Å². The van der Waals surface area contributed by atoms with Crippen LogP contribution in [0.2, 0.25) is 0 Å². The normalized spacial score (nSPS) is 8.44. The molecule has 0 aromatic carbocycles. The standard InChI is InChI=1S/C4H7BN2O2/c5-7-4(9)2-1-3(6)8/h1-2H2,(H2,6,8)(H,7,9). The lowest BCUT2D eigenvalue weighted by molar-refractivity contribution is -0.123. The fourth-order valence-electron chi connectivity index (χ4n) is 0.309. The van der Waals surface area contributed by atoms with Crippen molar-refractivity contribution < 1.29 is 9.59 Å². The molecule has 2 amide bonds. The molecule has 0 aromatic rings. The Kier molecular flexibility index (Phi) is 3.51. The Hall–Kier alpha value is -0.995. The summed E-state index contributed by atoms with van der Waals surface area (Å²) in [7, 11) is 4.71. The first kappa shape index (κ1) is 8.00. The Balaban J connectivity index is 3.28. The summed E-state index contributed by atoms with van der Waals surface area (Å²) in [6.45, 7) is 0. The third kappa shape index (κ3) is 4.87. The second-order valence-electron chi connectivity index (χ2n) is 1.53. The largest absolute Gasteiger partial charge is 0.409 e. The SMILES string of the molecule is [B]NC(=O)CCC(N)=O. The molecule has 0 aliphatic heterocycles. The van der Waals surface area contributed by atoms with Crippen molar-refractivity contribution in [3.05, 3.63) is 0 Å². The number of nitrogens with two attached hydrogens (primary N) is 1. The highest BCUT2D eigenvalue weighted by Crippen LogP contribution is 1.84. The third-order valence-electron chi connectivity index (χ3n) is 0.759. The number of carbonyl (C=O) groups excluding carboxylic acids is 2. The fraction of sp³-hybridized carbons (Fsp3) is 0.500. The van der Waals surface area contributed by atoms with Crippen molar-refractivity contribution in [2.24, 2.45) is 5.73 Å². The predicted molar refractivity (Wildman–Crippen MR) is 32.3 cm³/mol. The molecule has 0 bridgehead atoms. The van der Waals surface area contributed by atoms with Gasteiger partial charge in [0.05, 0.1) is 0 Å². The van der Waals surface area contributed by atoms with Gasteiger partial charge in [0, 0.05) is 12.8 Å². The van der Waals surface area contributed by atoms with E-state index >= 15 is 0 Å². The van der Waals surface area contributed by atoms with Crippen LogP contribution >= 0.6 is 0 Å². The molecule has 0 atom stereocenters. The van der Waals surface area contributed by atoms with Crippen LogP contribution in [0.25, 0.3) is 0 Å². The number of primary amides is 1. The lowest BCUT2D eigenvalue weighted by Crippen LogP contribution is -2.22. The molecule has 0 saturated carbocycles. The van der Waals surface area contributed by atoms with Crippen LogP contribution in [0.1, 0.15) is 12.8 Å². The summed E-state index contributed by atoms with van der Waals surface area (Å²) in [6.07, 6.45) is 0.106. The molecule has 3 N–H and O–H groups in total. The monoisotopic (exact) mass is 126 g/mol. The Morgan fingerprint density at radius 3 is 2.33 bits per heavy atom. The van der Waals surface area contributed by atoms with Crippen LogP contribution in [-0.4, -0.2) is 19.8 Å². The van der Waals surface area contributed by atoms with Gasteiger partial charge in [0.15, 0.2) is 0 Å². The summed E-state index contributed by atoms with van der Waals surface area (Å²) < 4.78 is 0. The maximum Gasteiger partial charge on any atom is 0.226 e. The van der Waals surface area contributed by atoms with Gasteiger partial charge < -0.3 is 11.0 Å². The van der Waals surface area contributed by atoms with E-state index in [4.69, 9.17) is 13.7 Å². The van der Waals surface area contributed by atoms with E-state index in [1.165, 1.54) is 0 Å². The van der Waals surface area contributed by atoms with Crippen LogP contribution in [0.3, 0.4) is 0 Å². The Labute approximate surface area is 54.2 Å². The minimum absolute atomic E-state index is 0.0447. The van der Waals surface area contributed by atoms with E-state index in [0.29, 0.717) is 0 Å². The average molecular weight is 126 g/mol. The minimum atomic E-state index is -0.501. The van der Waals surface area contributed by atoms with Crippen LogP contribution in [0.5, 0.6) is 0 Å². The molecule has 48 valence electrons. The maximum absolute atomic E-state index is 10.3. The van der Waals surface area contributed by atoms with E-state index in [2.05, 4.69) is 0 Å². The zero-order chi connectivity index (χ0) is 7.28. The van der Waals surface area contributed by atoms with Gasteiger partial charge in [-0.05, 0) is 0 Å². The average Bonchev–Trinajstić information content (AvgIpc) is 1.83. The Bertz CT molecular complexity index is 126. The number of carbonyl (C=O) groups is 2. The molecule has 0 saturated heterocycles. The van der Waals surface area contributed by atoms with Gasteiger partial charge in [-0.25, -0.2) is 0 Å². The van der Waals surface area contributed by atoms with Gasteiger partial charge in [0.2, 0.25) is 19.8 Å². The lowest BCUT2D eigenvalue weighted by atomic mass is 10.2. The minimum Gasteiger partial charge on any atom is -0.409 e. The molecule has 4 nitrogen and oxygen atoms in total. The van der Waals surface area contributed by atoms with Crippen LogP contribution < -0.4 is 11.0 Å². The molecule has 0 rings (SSSR count). The highest BCUT2D eigenvalue weighted by Gasteiger charge is 1.99.